The quantitative estimate of drug-likeness (QED) is 0.0808. The number of aryl methyl sites for hydroxylation is 1. The predicted molar refractivity (Wildman–Crippen MR) is 231 cm³/mol. The fourth-order valence-corrected chi connectivity index (χ4v) is 8.23. The molecule has 6 aromatic rings. The Morgan fingerprint density at radius 3 is 2.51 bits per heavy atom. The van der Waals surface area contributed by atoms with E-state index in [2.05, 4.69) is 158 Å². The third-order valence-electron chi connectivity index (χ3n) is 11.3. The molecular formula is C46H50N11O2+. The van der Waals surface area contributed by atoms with Gasteiger partial charge in [0, 0.05) is 54.3 Å². The van der Waals surface area contributed by atoms with Crippen LogP contribution in [0.4, 0.5) is 17.3 Å². The van der Waals surface area contributed by atoms with E-state index in [0.717, 1.165) is 47.6 Å². The number of carbonyl (C=O) groups excluding carboxylic acids is 1. The molecule has 0 saturated heterocycles. The Morgan fingerprint density at radius 2 is 1.69 bits per heavy atom. The smallest absolute Gasteiger partial charge is 0.285 e. The predicted octanol–water partition coefficient (Wildman–Crippen LogP) is 6.70. The third kappa shape index (κ3) is 7.88. The van der Waals surface area contributed by atoms with Crippen molar-refractivity contribution >= 4 is 40.1 Å². The number of likely N-dealkylation sites (N-methyl/N-ethyl adjacent to an activating group) is 1. The number of allylic oxidation sites excluding steroid dienone is 6. The van der Waals surface area contributed by atoms with Crippen molar-refractivity contribution in [1.29, 1.82) is 0 Å². The van der Waals surface area contributed by atoms with Gasteiger partial charge in [-0.15, -0.1) is 5.10 Å². The van der Waals surface area contributed by atoms with Gasteiger partial charge in [-0.05, 0) is 55.5 Å². The van der Waals surface area contributed by atoms with E-state index in [9.17, 15) is 4.79 Å². The van der Waals surface area contributed by atoms with E-state index in [0.29, 0.717) is 30.2 Å². The summed E-state index contributed by atoms with van der Waals surface area (Å²) in [5.74, 6) is 0.467. The lowest BCUT2D eigenvalue weighted by Gasteiger charge is -2.27. The number of nitrogens with zero attached hydrogens (tertiary/aromatic N) is 8. The first-order valence-electron chi connectivity index (χ1n) is 20.0. The van der Waals surface area contributed by atoms with Gasteiger partial charge in [0.25, 0.3) is 5.91 Å². The number of benzene rings is 3. The molecule has 0 atom stereocenters. The highest BCUT2D eigenvalue weighted by molar-refractivity contribution is 6.03. The van der Waals surface area contributed by atoms with E-state index in [1.165, 1.54) is 22.5 Å². The van der Waals surface area contributed by atoms with Gasteiger partial charge in [-0.25, -0.2) is 9.67 Å². The Bertz CT molecular complexity index is 2630. The first-order valence-corrected chi connectivity index (χ1v) is 20.0. The number of para-hydroxylation sites is 2. The minimum absolute atomic E-state index is 0.0227. The number of anilines is 2. The fraction of sp³-hybridized carbons (Fsp3) is 0.283. The number of amides is 1. The molecule has 13 nitrogen and oxygen atoms in total. The molecule has 8 rings (SSSR count). The van der Waals surface area contributed by atoms with E-state index in [4.69, 9.17) is 10.5 Å². The second kappa shape index (κ2) is 16.2. The molecule has 2 aliphatic heterocycles. The number of rotatable bonds is 14. The largest absolute Gasteiger partial charge is 0.471 e. The standard InChI is InChI=1S/C46H49N11O2/c1-45(2)34-15-9-11-17-36(34)56(38(45)19-7-6-8-20-39-46(3,4)35-16-10-12-18-37(35)57(39)28-40(58)48-5)25-13-14-33-27-55(54-53-33)26-31-21-23-32(24-22-31)29-59-43-41-42(50-30-49-41)51-44(47)52-43/h6-12,15-24,27,30H,13-14,25-26,28-29H2,1-5H3,(H3-,47,48,49,50,51,52,53,54,58)/p+1. The van der Waals surface area contributed by atoms with Crippen LogP contribution in [0.2, 0.25) is 0 Å². The van der Waals surface area contributed by atoms with Gasteiger partial charge in [0.15, 0.2) is 11.4 Å². The molecule has 13 heteroatoms. The van der Waals surface area contributed by atoms with Crippen molar-refractivity contribution in [3.05, 3.63) is 149 Å². The first kappa shape index (κ1) is 39.0. The molecule has 5 heterocycles. The van der Waals surface area contributed by atoms with Crippen molar-refractivity contribution in [2.75, 3.05) is 30.8 Å². The molecule has 0 spiro atoms. The molecule has 4 N–H and O–H groups in total. The molecule has 2 aliphatic rings. The number of H-pyrrole nitrogens is 1. The lowest BCUT2D eigenvalue weighted by atomic mass is 9.81. The SMILES string of the molecule is CNC(=O)C[N+]1=C(/C=C/C=C\C=C2/N(CCCc3cn(Cc4ccc(COc5nc(N)nc6nc[nH]c56)cc4)nn3)c3ccccc3C2(C)C)C(C)(C)c2ccccc21. The molecule has 0 fully saturated rings. The average molecular weight is 789 g/mol. The molecular weight excluding hydrogens is 739 g/mol. The van der Waals surface area contributed by atoms with E-state index < -0.39 is 0 Å². The number of aromatic amines is 1. The summed E-state index contributed by atoms with van der Waals surface area (Å²) in [5.41, 5.74) is 16.8. The van der Waals surface area contributed by atoms with Crippen LogP contribution in [-0.2, 0) is 35.2 Å². The van der Waals surface area contributed by atoms with Gasteiger partial charge in [-0.3, -0.25) is 4.79 Å². The highest BCUT2D eigenvalue weighted by Crippen LogP contribution is 2.47. The van der Waals surface area contributed by atoms with Gasteiger partial charge < -0.3 is 25.7 Å². The first-order chi connectivity index (χ1) is 28.5. The number of hydrogen-bond acceptors (Lipinski definition) is 9. The number of hydrogen-bond donors (Lipinski definition) is 3. The molecule has 0 aliphatic carbocycles. The minimum atomic E-state index is -0.239. The minimum Gasteiger partial charge on any atom is -0.471 e. The van der Waals surface area contributed by atoms with Crippen LogP contribution in [-0.4, -0.2) is 71.3 Å². The summed E-state index contributed by atoms with van der Waals surface area (Å²) in [6.07, 6.45) is 16.0. The number of nitrogens with two attached hydrogens (primary N) is 1. The Morgan fingerprint density at radius 1 is 0.932 bits per heavy atom. The zero-order valence-electron chi connectivity index (χ0n) is 34.2. The normalized spacial score (nSPS) is 16.2. The number of nitrogens with one attached hydrogen (secondary N) is 2. The van der Waals surface area contributed by atoms with Gasteiger partial charge in [0.1, 0.15) is 12.1 Å². The maximum absolute atomic E-state index is 12.5. The molecule has 3 aromatic carbocycles. The summed E-state index contributed by atoms with van der Waals surface area (Å²) >= 11 is 0. The number of aromatic nitrogens is 7. The van der Waals surface area contributed by atoms with Crippen LogP contribution in [0, 0.1) is 0 Å². The number of ether oxygens (including phenoxy) is 1. The molecule has 59 heavy (non-hydrogen) atoms. The van der Waals surface area contributed by atoms with E-state index in [-0.39, 0.29) is 29.2 Å². The maximum atomic E-state index is 12.5. The monoisotopic (exact) mass is 788 g/mol. The van der Waals surface area contributed by atoms with E-state index >= 15 is 0 Å². The summed E-state index contributed by atoms with van der Waals surface area (Å²) in [5, 5.41) is 11.7. The van der Waals surface area contributed by atoms with E-state index in [1.807, 2.05) is 29.1 Å². The molecule has 0 saturated carbocycles. The summed E-state index contributed by atoms with van der Waals surface area (Å²) < 4.78 is 9.96. The molecule has 1 amide bonds. The summed E-state index contributed by atoms with van der Waals surface area (Å²) in [6, 6.07) is 25.2. The van der Waals surface area contributed by atoms with Crippen LogP contribution in [0.5, 0.6) is 5.88 Å². The Balaban J connectivity index is 0.904. The zero-order valence-corrected chi connectivity index (χ0v) is 34.2. The van der Waals surface area contributed by atoms with Crippen LogP contribution in [0.25, 0.3) is 11.2 Å². The van der Waals surface area contributed by atoms with Crippen molar-refractivity contribution in [3.8, 4) is 5.88 Å². The van der Waals surface area contributed by atoms with Crippen molar-refractivity contribution < 1.29 is 14.1 Å². The van der Waals surface area contributed by atoms with Gasteiger partial charge in [0.05, 0.1) is 24.0 Å². The van der Waals surface area contributed by atoms with Crippen molar-refractivity contribution in [2.45, 2.75) is 64.5 Å². The van der Waals surface area contributed by atoms with Crippen LogP contribution < -0.4 is 20.7 Å². The molecule has 300 valence electrons. The van der Waals surface area contributed by atoms with Crippen molar-refractivity contribution in [1.82, 2.24) is 40.2 Å². The van der Waals surface area contributed by atoms with Gasteiger partial charge in [-0.2, -0.15) is 14.5 Å². The Labute approximate surface area is 344 Å². The lowest BCUT2D eigenvalue weighted by Crippen LogP contribution is -2.32. The van der Waals surface area contributed by atoms with Crippen molar-refractivity contribution in [3.63, 3.8) is 0 Å². The van der Waals surface area contributed by atoms with Crippen LogP contribution in [0.3, 0.4) is 0 Å². The second-order valence-electron chi connectivity index (χ2n) is 16.0. The Kier molecular flexibility index (Phi) is 10.7. The van der Waals surface area contributed by atoms with Gasteiger partial charge in [-0.1, -0.05) is 98.0 Å². The second-order valence-corrected chi connectivity index (χ2v) is 16.0. The van der Waals surface area contributed by atoms with Crippen LogP contribution in [0.1, 0.15) is 62.1 Å². The third-order valence-corrected chi connectivity index (χ3v) is 11.3. The number of imidazole rings is 1. The molecule has 3 aromatic heterocycles. The van der Waals surface area contributed by atoms with Gasteiger partial charge >= 0.3 is 0 Å². The highest BCUT2D eigenvalue weighted by atomic mass is 16.5. The summed E-state index contributed by atoms with van der Waals surface area (Å²) in [4.78, 5) is 30.4. The van der Waals surface area contributed by atoms with Crippen LogP contribution in [0.15, 0.2) is 121 Å². The zero-order chi connectivity index (χ0) is 41.1. The van der Waals surface area contributed by atoms with Gasteiger partial charge in [0.2, 0.25) is 24.1 Å². The van der Waals surface area contributed by atoms with Crippen molar-refractivity contribution in [2.24, 2.45) is 0 Å². The number of nitrogen functional groups attached to an aromatic ring is 1. The molecule has 0 radical (unpaired) electrons. The number of fused-ring (bicyclic) bond motifs is 3. The fourth-order valence-electron chi connectivity index (χ4n) is 8.23. The molecule has 0 bridgehead atoms. The summed E-state index contributed by atoms with van der Waals surface area (Å²) in [7, 11) is 1.68. The maximum Gasteiger partial charge on any atom is 0.285 e. The Hall–Kier alpha value is -6.89. The summed E-state index contributed by atoms with van der Waals surface area (Å²) in [6.45, 7) is 11.1. The highest BCUT2D eigenvalue weighted by Gasteiger charge is 2.44. The number of carbonyl (C=O) groups is 1. The topological polar surface area (TPSA) is 156 Å². The lowest BCUT2D eigenvalue weighted by molar-refractivity contribution is -0.425. The van der Waals surface area contributed by atoms with E-state index in [1.54, 1.807) is 13.4 Å². The molecule has 0 unspecified atom stereocenters. The average Bonchev–Trinajstić information content (AvgIpc) is 3.98. The van der Waals surface area contributed by atoms with Crippen LogP contribution >= 0.6 is 0 Å².